The van der Waals surface area contributed by atoms with E-state index < -0.39 is 29.5 Å². The molecule has 1 fully saturated rings. The summed E-state index contributed by atoms with van der Waals surface area (Å²) in [6.45, 7) is -0.567. The highest BCUT2D eigenvalue weighted by atomic mass is 35.5. The topological polar surface area (TPSA) is 72.9 Å². The molecule has 1 aliphatic rings. The molecule has 3 rings (SSSR count). The molecule has 0 aliphatic carbocycles. The summed E-state index contributed by atoms with van der Waals surface area (Å²) in [5.41, 5.74) is 0.728. The molecule has 1 aliphatic heterocycles. The number of para-hydroxylation sites is 1. The molecule has 1 heterocycles. The number of thioether (sulfide) groups is 1. The number of carbonyl (C=O) groups excluding carboxylic acids is 3. The monoisotopic (exact) mass is 435 g/mol. The number of ether oxygens (including phenoxy) is 2. The molecule has 1 saturated heterocycles. The summed E-state index contributed by atoms with van der Waals surface area (Å²) in [5, 5.41) is -0.324. The van der Waals surface area contributed by atoms with Gasteiger partial charge in [0, 0.05) is 11.1 Å². The minimum Gasteiger partial charge on any atom is -0.488 e. The molecule has 2 aromatic rings. The summed E-state index contributed by atoms with van der Waals surface area (Å²) in [4.78, 5) is 36.8. The van der Waals surface area contributed by atoms with Crippen molar-refractivity contribution in [2.45, 2.75) is 6.61 Å². The van der Waals surface area contributed by atoms with Crippen LogP contribution in [0.5, 0.6) is 5.75 Å². The van der Waals surface area contributed by atoms with Crippen molar-refractivity contribution < 1.29 is 28.2 Å². The van der Waals surface area contributed by atoms with Crippen LogP contribution < -0.4 is 4.74 Å². The average Bonchev–Trinajstić information content (AvgIpc) is 2.96. The van der Waals surface area contributed by atoms with Crippen LogP contribution in [0.3, 0.4) is 0 Å². The molecule has 2 amide bonds. The fourth-order valence-corrected chi connectivity index (χ4v) is 3.57. The van der Waals surface area contributed by atoms with Gasteiger partial charge in [0.05, 0.1) is 17.0 Å². The van der Waals surface area contributed by atoms with E-state index in [2.05, 4.69) is 4.74 Å². The maximum Gasteiger partial charge on any atom is 0.325 e. The Hall–Kier alpha value is -2.84. The number of benzene rings is 2. The van der Waals surface area contributed by atoms with Gasteiger partial charge in [-0.05, 0) is 36.0 Å². The minimum atomic E-state index is -0.695. The number of halogens is 2. The number of imide groups is 1. The number of amides is 2. The van der Waals surface area contributed by atoms with Gasteiger partial charge in [0.2, 0.25) is 0 Å². The van der Waals surface area contributed by atoms with Crippen LogP contribution in [-0.4, -0.2) is 35.7 Å². The third-order valence-electron chi connectivity index (χ3n) is 4.03. The van der Waals surface area contributed by atoms with E-state index in [4.69, 9.17) is 16.3 Å². The lowest BCUT2D eigenvalue weighted by Gasteiger charge is -2.11. The number of methoxy groups -OCH3 is 1. The number of hydrogen-bond donors (Lipinski definition) is 0. The van der Waals surface area contributed by atoms with E-state index in [1.54, 1.807) is 30.3 Å². The summed E-state index contributed by atoms with van der Waals surface area (Å²) >= 11 is 6.73. The van der Waals surface area contributed by atoms with Gasteiger partial charge in [0.25, 0.3) is 11.1 Å². The smallest absolute Gasteiger partial charge is 0.325 e. The van der Waals surface area contributed by atoms with Gasteiger partial charge in [-0.1, -0.05) is 35.9 Å². The van der Waals surface area contributed by atoms with Crippen LogP contribution in [-0.2, 0) is 20.9 Å². The lowest BCUT2D eigenvalue weighted by atomic mass is 10.1. The Morgan fingerprint density at radius 3 is 2.69 bits per heavy atom. The zero-order valence-electron chi connectivity index (χ0n) is 15.2. The molecular weight excluding hydrogens is 421 g/mol. The van der Waals surface area contributed by atoms with Gasteiger partial charge in [-0.3, -0.25) is 19.3 Å². The van der Waals surface area contributed by atoms with Gasteiger partial charge < -0.3 is 9.47 Å². The summed E-state index contributed by atoms with van der Waals surface area (Å²) in [5.74, 6) is -1.40. The predicted octanol–water partition coefficient (Wildman–Crippen LogP) is 4.27. The van der Waals surface area contributed by atoms with Gasteiger partial charge in [-0.2, -0.15) is 0 Å². The molecule has 0 spiro atoms. The van der Waals surface area contributed by atoms with E-state index in [9.17, 15) is 18.8 Å². The van der Waals surface area contributed by atoms with Crippen LogP contribution in [0.1, 0.15) is 11.1 Å². The van der Waals surface area contributed by atoms with Crippen LogP contribution in [0.2, 0.25) is 5.02 Å². The highest BCUT2D eigenvalue weighted by Crippen LogP contribution is 2.34. The molecule has 9 heteroatoms. The van der Waals surface area contributed by atoms with Crippen molar-refractivity contribution in [3.05, 3.63) is 69.3 Å². The molecule has 0 N–H and O–H groups in total. The van der Waals surface area contributed by atoms with Gasteiger partial charge in [0.15, 0.2) is 0 Å². The van der Waals surface area contributed by atoms with E-state index >= 15 is 0 Å². The van der Waals surface area contributed by atoms with E-state index in [1.165, 1.54) is 25.3 Å². The van der Waals surface area contributed by atoms with Crippen LogP contribution in [0, 0.1) is 5.82 Å². The zero-order chi connectivity index (χ0) is 21.0. The Balaban J connectivity index is 1.81. The SMILES string of the molecule is COC(=O)CN1C(=O)S/C(=C/c2ccccc2OCc2c(F)cccc2Cl)C1=O. The van der Waals surface area contributed by atoms with Crippen LogP contribution in [0.25, 0.3) is 6.08 Å². The molecule has 150 valence electrons. The van der Waals surface area contributed by atoms with Crippen molar-refractivity contribution >= 4 is 46.6 Å². The fraction of sp³-hybridized carbons (Fsp3) is 0.150. The molecular formula is C20H15ClFNO5S. The second-order valence-electron chi connectivity index (χ2n) is 5.87. The quantitative estimate of drug-likeness (QED) is 0.498. The molecule has 0 radical (unpaired) electrons. The van der Waals surface area contributed by atoms with Crippen molar-refractivity contribution in [2.24, 2.45) is 0 Å². The lowest BCUT2D eigenvalue weighted by Crippen LogP contribution is -2.34. The van der Waals surface area contributed by atoms with Crippen molar-refractivity contribution in [2.75, 3.05) is 13.7 Å². The number of carbonyl (C=O) groups is 3. The van der Waals surface area contributed by atoms with E-state index in [1.807, 2.05) is 0 Å². The summed E-state index contributed by atoms with van der Waals surface area (Å²) in [6.07, 6.45) is 1.49. The largest absolute Gasteiger partial charge is 0.488 e. The second kappa shape index (κ2) is 9.11. The molecule has 0 bridgehead atoms. The molecule has 6 nitrogen and oxygen atoms in total. The van der Waals surface area contributed by atoms with Gasteiger partial charge >= 0.3 is 5.97 Å². The maximum atomic E-state index is 13.9. The molecule has 0 saturated carbocycles. The Kier molecular flexibility index (Phi) is 6.56. The molecule has 0 unspecified atom stereocenters. The molecule has 2 aromatic carbocycles. The van der Waals surface area contributed by atoms with Gasteiger partial charge in [0.1, 0.15) is 24.7 Å². The fourth-order valence-electron chi connectivity index (χ4n) is 2.52. The van der Waals surface area contributed by atoms with E-state index in [0.29, 0.717) is 23.1 Å². The lowest BCUT2D eigenvalue weighted by molar-refractivity contribution is -0.143. The van der Waals surface area contributed by atoms with Crippen molar-refractivity contribution in [1.29, 1.82) is 0 Å². The van der Waals surface area contributed by atoms with Crippen molar-refractivity contribution in [3.8, 4) is 5.75 Å². The first-order valence-corrected chi connectivity index (χ1v) is 9.57. The third-order valence-corrected chi connectivity index (χ3v) is 5.29. The number of esters is 1. The minimum absolute atomic E-state index is 0.111. The third kappa shape index (κ3) is 4.78. The molecule has 29 heavy (non-hydrogen) atoms. The Bertz CT molecular complexity index is 990. The zero-order valence-corrected chi connectivity index (χ0v) is 16.8. The molecule has 0 aromatic heterocycles. The van der Waals surface area contributed by atoms with E-state index in [-0.39, 0.29) is 22.1 Å². The first-order valence-electron chi connectivity index (χ1n) is 8.37. The highest BCUT2D eigenvalue weighted by molar-refractivity contribution is 8.18. The molecule has 0 atom stereocenters. The van der Waals surface area contributed by atoms with Crippen LogP contribution in [0.4, 0.5) is 9.18 Å². The maximum absolute atomic E-state index is 13.9. The van der Waals surface area contributed by atoms with Crippen molar-refractivity contribution in [3.63, 3.8) is 0 Å². The second-order valence-corrected chi connectivity index (χ2v) is 7.27. The highest BCUT2D eigenvalue weighted by Gasteiger charge is 2.36. The number of hydrogen-bond acceptors (Lipinski definition) is 6. The first-order chi connectivity index (χ1) is 13.9. The summed E-state index contributed by atoms with van der Waals surface area (Å²) in [6, 6.07) is 11.1. The summed E-state index contributed by atoms with van der Waals surface area (Å²) in [7, 11) is 1.17. The standard InChI is InChI=1S/C20H15ClFNO5S/c1-27-18(24)10-23-19(25)17(29-20(23)26)9-12-5-2-3-8-16(12)28-11-13-14(21)6-4-7-15(13)22/h2-9H,10-11H2,1H3/b17-9+. The summed E-state index contributed by atoms with van der Waals surface area (Å²) < 4.78 is 24.2. The van der Waals surface area contributed by atoms with Crippen molar-refractivity contribution in [1.82, 2.24) is 4.90 Å². The van der Waals surface area contributed by atoms with Crippen LogP contribution >= 0.6 is 23.4 Å². The Labute approximate surface area is 175 Å². The Morgan fingerprint density at radius 1 is 1.21 bits per heavy atom. The van der Waals surface area contributed by atoms with Crippen LogP contribution in [0.15, 0.2) is 47.4 Å². The number of nitrogens with zero attached hydrogens (tertiary/aromatic N) is 1. The first kappa shape index (κ1) is 20.9. The predicted molar refractivity (Wildman–Crippen MR) is 107 cm³/mol. The Morgan fingerprint density at radius 2 is 1.97 bits per heavy atom. The number of rotatable bonds is 6. The van der Waals surface area contributed by atoms with E-state index in [0.717, 1.165) is 4.90 Å². The van der Waals surface area contributed by atoms with Gasteiger partial charge in [-0.15, -0.1) is 0 Å². The average molecular weight is 436 g/mol. The van der Waals surface area contributed by atoms with Gasteiger partial charge in [-0.25, -0.2) is 4.39 Å². The normalized spacial score (nSPS) is 15.1.